The Hall–Kier alpha value is -2.02. The zero-order valence-corrected chi connectivity index (χ0v) is 7.65. The van der Waals surface area contributed by atoms with Crippen molar-refractivity contribution in [2.75, 3.05) is 6.61 Å². The molecule has 0 aliphatic heterocycles. The summed E-state index contributed by atoms with van der Waals surface area (Å²) in [4.78, 5) is 4.06. The Kier molecular flexibility index (Phi) is 2.07. The predicted octanol–water partition coefficient (Wildman–Crippen LogP) is 2.10. The molecule has 70 valence electrons. The molecule has 0 spiro atoms. The number of benzene rings is 1. The van der Waals surface area contributed by atoms with E-state index in [1.807, 2.05) is 13.0 Å². The normalized spacial score (nSPS) is 10.0. The largest absolute Gasteiger partial charge is 0.450 e. The van der Waals surface area contributed by atoms with Crippen LogP contribution in [-0.2, 0) is 0 Å². The van der Waals surface area contributed by atoms with Crippen LogP contribution >= 0.6 is 0 Å². The van der Waals surface area contributed by atoms with Gasteiger partial charge in [0.05, 0.1) is 12.2 Å². The van der Waals surface area contributed by atoms with Gasteiger partial charge in [-0.15, -0.1) is 0 Å². The molecule has 14 heavy (non-hydrogen) atoms. The molecular weight excluding hydrogens is 180 g/mol. The number of ether oxygens (including phenoxy) is 1. The van der Waals surface area contributed by atoms with E-state index in [0.29, 0.717) is 23.3 Å². The van der Waals surface area contributed by atoms with E-state index in [1.54, 1.807) is 18.2 Å². The maximum atomic E-state index is 8.80. The smallest absolute Gasteiger partial charge is 0.394 e. The molecule has 0 saturated heterocycles. The van der Waals surface area contributed by atoms with E-state index in [2.05, 4.69) is 4.98 Å². The summed E-state index contributed by atoms with van der Waals surface area (Å²) in [6, 6.07) is 7.25. The third-order valence-electron chi connectivity index (χ3n) is 1.79. The van der Waals surface area contributed by atoms with Gasteiger partial charge in [-0.1, -0.05) is 6.07 Å². The standard InChI is InChI=1S/C10H8N2O2/c1-2-13-10-12-9-7(6-11)4-3-5-8(9)14-10/h3-5H,2H2,1H3. The Labute approximate surface area is 80.7 Å². The molecule has 0 bridgehead atoms. The average Bonchev–Trinajstić information content (AvgIpc) is 2.60. The van der Waals surface area contributed by atoms with Crippen molar-refractivity contribution in [1.29, 1.82) is 5.26 Å². The molecule has 0 atom stereocenters. The van der Waals surface area contributed by atoms with Gasteiger partial charge in [-0.25, -0.2) is 0 Å². The molecule has 0 N–H and O–H groups in total. The fourth-order valence-corrected chi connectivity index (χ4v) is 1.20. The molecule has 4 nitrogen and oxygen atoms in total. The lowest BCUT2D eigenvalue weighted by atomic mass is 10.2. The van der Waals surface area contributed by atoms with Gasteiger partial charge in [-0.3, -0.25) is 0 Å². The second kappa shape index (κ2) is 3.38. The van der Waals surface area contributed by atoms with Crippen LogP contribution in [0, 0.1) is 11.3 Å². The van der Waals surface area contributed by atoms with Crippen molar-refractivity contribution in [3.05, 3.63) is 23.8 Å². The summed E-state index contributed by atoms with van der Waals surface area (Å²) in [6.45, 7) is 2.34. The first kappa shape index (κ1) is 8.57. The van der Waals surface area contributed by atoms with E-state index in [9.17, 15) is 0 Å². The molecule has 2 rings (SSSR count). The van der Waals surface area contributed by atoms with Crippen LogP contribution in [-0.4, -0.2) is 11.6 Å². The van der Waals surface area contributed by atoms with Gasteiger partial charge in [0, 0.05) is 0 Å². The van der Waals surface area contributed by atoms with Crippen LogP contribution in [0.3, 0.4) is 0 Å². The minimum Gasteiger partial charge on any atom is -0.450 e. The average molecular weight is 188 g/mol. The van der Waals surface area contributed by atoms with Gasteiger partial charge in [0.15, 0.2) is 5.58 Å². The summed E-state index contributed by atoms with van der Waals surface area (Å²) in [5, 5.41) is 8.80. The maximum Gasteiger partial charge on any atom is 0.394 e. The van der Waals surface area contributed by atoms with Crippen LogP contribution in [0.2, 0.25) is 0 Å². The lowest BCUT2D eigenvalue weighted by Crippen LogP contribution is -1.90. The fourth-order valence-electron chi connectivity index (χ4n) is 1.20. The second-order valence-electron chi connectivity index (χ2n) is 2.68. The highest BCUT2D eigenvalue weighted by molar-refractivity contribution is 5.79. The molecule has 1 aromatic carbocycles. The van der Waals surface area contributed by atoms with Crippen LogP contribution in [0.1, 0.15) is 12.5 Å². The molecule has 0 radical (unpaired) electrons. The first-order valence-corrected chi connectivity index (χ1v) is 4.27. The van der Waals surface area contributed by atoms with Gasteiger partial charge in [-0.2, -0.15) is 10.2 Å². The fraction of sp³-hybridized carbons (Fsp3) is 0.200. The van der Waals surface area contributed by atoms with Crippen molar-refractivity contribution in [3.8, 4) is 12.1 Å². The summed E-state index contributed by atoms with van der Waals surface area (Å²) in [5.74, 6) is 0. The highest BCUT2D eigenvalue weighted by Gasteiger charge is 2.09. The number of nitrogens with zero attached hydrogens (tertiary/aromatic N) is 2. The number of nitriles is 1. The van der Waals surface area contributed by atoms with Gasteiger partial charge in [0.25, 0.3) is 0 Å². The predicted molar refractivity (Wildman–Crippen MR) is 49.9 cm³/mol. The summed E-state index contributed by atoms with van der Waals surface area (Å²) >= 11 is 0. The minimum absolute atomic E-state index is 0.213. The van der Waals surface area contributed by atoms with Crippen LogP contribution in [0.25, 0.3) is 11.1 Å². The Balaban J connectivity index is 2.60. The van der Waals surface area contributed by atoms with E-state index < -0.39 is 0 Å². The van der Waals surface area contributed by atoms with Gasteiger partial charge in [0.1, 0.15) is 11.6 Å². The topological polar surface area (TPSA) is 59.0 Å². The molecule has 0 amide bonds. The third kappa shape index (κ3) is 1.29. The van der Waals surface area contributed by atoms with Gasteiger partial charge in [-0.05, 0) is 19.1 Å². The first-order valence-electron chi connectivity index (χ1n) is 4.27. The molecule has 0 fully saturated rings. The second-order valence-corrected chi connectivity index (χ2v) is 2.68. The summed E-state index contributed by atoms with van der Waals surface area (Å²) in [7, 11) is 0. The Morgan fingerprint density at radius 3 is 3.14 bits per heavy atom. The molecule has 2 aromatic rings. The molecule has 1 heterocycles. The number of hydrogen-bond donors (Lipinski definition) is 0. The van der Waals surface area contributed by atoms with E-state index >= 15 is 0 Å². The number of para-hydroxylation sites is 1. The van der Waals surface area contributed by atoms with Crippen molar-refractivity contribution in [2.45, 2.75) is 6.92 Å². The van der Waals surface area contributed by atoms with Crippen molar-refractivity contribution < 1.29 is 9.15 Å². The van der Waals surface area contributed by atoms with Crippen LogP contribution < -0.4 is 4.74 Å². The van der Waals surface area contributed by atoms with Gasteiger partial charge in [0.2, 0.25) is 0 Å². The molecule has 4 heteroatoms. The number of rotatable bonds is 2. The van der Waals surface area contributed by atoms with Crippen molar-refractivity contribution in [2.24, 2.45) is 0 Å². The van der Waals surface area contributed by atoms with Gasteiger partial charge >= 0.3 is 6.08 Å². The quantitative estimate of drug-likeness (QED) is 0.724. The molecule has 0 aliphatic carbocycles. The highest BCUT2D eigenvalue weighted by atomic mass is 16.6. The Morgan fingerprint density at radius 1 is 1.57 bits per heavy atom. The number of hydrogen-bond acceptors (Lipinski definition) is 4. The molecule has 1 aromatic heterocycles. The number of fused-ring (bicyclic) bond motifs is 1. The monoisotopic (exact) mass is 188 g/mol. The van der Waals surface area contributed by atoms with Crippen LogP contribution in [0.15, 0.2) is 22.6 Å². The minimum atomic E-state index is 0.213. The molecule has 0 unspecified atom stereocenters. The van der Waals surface area contributed by atoms with Crippen molar-refractivity contribution in [1.82, 2.24) is 4.98 Å². The van der Waals surface area contributed by atoms with Crippen molar-refractivity contribution >= 4 is 11.1 Å². The molecule has 0 saturated carbocycles. The van der Waals surface area contributed by atoms with E-state index in [-0.39, 0.29) is 6.08 Å². The Morgan fingerprint density at radius 2 is 2.43 bits per heavy atom. The van der Waals surface area contributed by atoms with Crippen LogP contribution in [0.4, 0.5) is 0 Å². The van der Waals surface area contributed by atoms with Crippen molar-refractivity contribution in [3.63, 3.8) is 0 Å². The molecular formula is C10H8N2O2. The summed E-state index contributed by atoms with van der Waals surface area (Å²) in [5.41, 5.74) is 1.63. The molecule has 0 aliphatic rings. The summed E-state index contributed by atoms with van der Waals surface area (Å²) in [6.07, 6.45) is 0.213. The van der Waals surface area contributed by atoms with Crippen LogP contribution in [0.5, 0.6) is 6.08 Å². The van der Waals surface area contributed by atoms with E-state index in [0.717, 1.165) is 0 Å². The lowest BCUT2D eigenvalue weighted by molar-refractivity contribution is 0.251. The lowest BCUT2D eigenvalue weighted by Gasteiger charge is -1.91. The SMILES string of the molecule is CCOc1nc2c(C#N)cccc2o1. The third-order valence-corrected chi connectivity index (χ3v) is 1.79. The summed E-state index contributed by atoms with van der Waals surface area (Å²) < 4.78 is 10.4. The maximum absolute atomic E-state index is 8.80. The number of aromatic nitrogens is 1. The zero-order valence-electron chi connectivity index (χ0n) is 7.65. The highest BCUT2D eigenvalue weighted by Crippen LogP contribution is 2.22. The van der Waals surface area contributed by atoms with E-state index in [4.69, 9.17) is 14.4 Å². The first-order chi connectivity index (χ1) is 6.85. The van der Waals surface area contributed by atoms with Gasteiger partial charge < -0.3 is 9.15 Å². The Bertz CT molecular complexity index is 496. The van der Waals surface area contributed by atoms with E-state index in [1.165, 1.54) is 0 Å². The zero-order chi connectivity index (χ0) is 9.97. The number of oxazole rings is 1.